The lowest BCUT2D eigenvalue weighted by Gasteiger charge is -2.38. The molecule has 0 aliphatic carbocycles. The number of halogens is 9. The number of rotatable bonds is 14. The second-order valence-electron chi connectivity index (χ2n) is 7.67. The Balaban J connectivity index is 0. The van der Waals surface area contributed by atoms with Gasteiger partial charge in [-0.1, -0.05) is 32.6 Å². The van der Waals surface area contributed by atoms with Crippen molar-refractivity contribution in [2.45, 2.75) is 95.9 Å². The molecule has 4 nitrogen and oxygen atoms in total. The number of quaternary nitrogens is 1. The molecule has 0 saturated heterocycles. The highest BCUT2D eigenvalue weighted by atomic mass is 32.2. The lowest BCUT2D eigenvalue weighted by atomic mass is 9.96. The summed E-state index contributed by atoms with van der Waals surface area (Å²) >= 11 is 0. The average molecular weight is 528 g/mol. The molecule has 1 unspecified atom stereocenters. The predicted molar refractivity (Wildman–Crippen MR) is 106 cm³/mol. The molecule has 202 valence electrons. The van der Waals surface area contributed by atoms with Crippen LogP contribution in [0.5, 0.6) is 0 Å². The number of unbranched alkanes of at least 4 members (excludes halogenated alkanes) is 3. The van der Waals surface area contributed by atoms with Crippen LogP contribution in [0.4, 0.5) is 39.5 Å². The third kappa shape index (κ3) is 7.61. The third-order valence-electron chi connectivity index (χ3n) is 5.88. The molecule has 0 amide bonds. The largest absolute Gasteiger partial charge is 0.743 e. The molecule has 0 radical (unpaired) electrons. The van der Waals surface area contributed by atoms with Crippen molar-refractivity contribution < 1.29 is 57.0 Å². The average Bonchev–Trinajstić information content (AvgIpc) is 2.72. The first-order chi connectivity index (χ1) is 14.7. The fourth-order valence-electron chi connectivity index (χ4n) is 3.02. The van der Waals surface area contributed by atoms with Crippen molar-refractivity contribution in [2.75, 3.05) is 26.2 Å². The standard InChI is InChI=1S/C11H15F9O3S.C8H20N/c1-2-3-4-5-6-7(12)8(13,14)9(15,16)10(17,18)11(19,20)24(21,22)23;1-5-9(6-2,7-3)8-4/h7H,2-6H2,1H3,(H,21,22,23);5-8H2,1-4H3/q;+1/p-1. The van der Waals surface area contributed by atoms with Crippen molar-refractivity contribution in [3.63, 3.8) is 0 Å². The fourth-order valence-corrected chi connectivity index (χ4v) is 3.46. The zero-order chi connectivity index (χ0) is 26.9. The van der Waals surface area contributed by atoms with E-state index in [0.29, 0.717) is 12.8 Å². The molecule has 0 spiro atoms. The van der Waals surface area contributed by atoms with Gasteiger partial charge in [-0.2, -0.15) is 35.1 Å². The Morgan fingerprint density at radius 1 is 0.727 bits per heavy atom. The van der Waals surface area contributed by atoms with Gasteiger partial charge in [-0.05, 0) is 34.1 Å². The minimum atomic E-state index is -7.42. The second-order valence-corrected chi connectivity index (χ2v) is 9.09. The lowest BCUT2D eigenvalue weighted by molar-refractivity contribution is -0.921. The van der Waals surface area contributed by atoms with E-state index in [2.05, 4.69) is 27.7 Å². The molecule has 1 atom stereocenters. The van der Waals surface area contributed by atoms with Crippen LogP contribution < -0.4 is 0 Å². The van der Waals surface area contributed by atoms with E-state index in [1.165, 1.54) is 30.7 Å². The monoisotopic (exact) mass is 527 g/mol. The van der Waals surface area contributed by atoms with Crippen LogP contribution in [0.25, 0.3) is 0 Å². The Morgan fingerprint density at radius 2 is 1.12 bits per heavy atom. The summed E-state index contributed by atoms with van der Waals surface area (Å²) in [5.74, 6) is -20.8. The molecule has 0 aromatic rings. The maximum atomic E-state index is 13.3. The first-order valence-corrected chi connectivity index (χ1v) is 12.1. The third-order valence-corrected chi connectivity index (χ3v) is 6.76. The molecule has 0 aliphatic rings. The second kappa shape index (κ2) is 12.8. The first-order valence-electron chi connectivity index (χ1n) is 10.7. The molecule has 0 aliphatic heterocycles. The van der Waals surface area contributed by atoms with Crippen LogP contribution >= 0.6 is 0 Å². The summed E-state index contributed by atoms with van der Waals surface area (Å²) in [6, 6.07) is 0. The summed E-state index contributed by atoms with van der Waals surface area (Å²) in [6.45, 7) is 15.9. The summed E-state index contributed by atoms with van der Waals surface area (Å²) < 4.78 is 149. The van der Waals surface area contributed by atoms with Crippen LogP contribution in [-0.2, 0) is 10.1 Å². The first kappa shape index (κ1) is 34.4. The van der Waals surface area contributed by atoms with E-state index in [9.17, 15) is 52.5 Å². The van der Waals surface area contributed by atoms with Crippen LogP contribution in [-0.4, -0.2) is 72.8 Å². The van der Waals surface area contributed by atoms with Gasteiger partial charge < -0.3 is 9.04 Å². The van der Waals surface area contributed by atoms with Gasteiger partial charge in [0.1, 0.15) is 0 Å². The Bertz CT molecular complexity index is 652. The maximum Gasteiger partial charge on any atom is 0.402 e. The van der Waals surface area contributed by atoms with E-state index >= 15 is 0 Å². The van der Waals surface area contributed by atoms with Crippen molar-refractivity contribution in [2.24, 2.45) is 0 Å². The van der Waals surface area contributed by atoms with E-state index in [1.807, 2.05) is 0 Å². The summed E-state index contributed by atoms with van der Waals surface area (Å²) in [4.78, 5) is 0. The van der Waals surface area contributed by atoms with Crippen molar-refractivity contribution in [3.05, 3.63) is 0 Å². The molecule has 33 heavy (non-hydrogen) atoms. The van der Waals surface area contributed by atoms with Crippen molar-refractivity contribution in [1.29, 1.82) is 0 Å². The highest BCUT2D eigenvalue weighted by Gasteiger charge is 2.84. The van der Waals surface area contributed by atoms with E-state index in [0.717, 1.165) is 0 Å². The Labute approximate surface area is 189 Å². The van der Waals surface area contributed by atoms with Gasteiger partial charge in [0.25, 0.3) is 0 Å². The molecule has 0 aromatic carbocycles. The van der Waals surface area contributed by atoms with Crippen LogP contribution in [0.2, 0.25) is 0 Å². The zero-order valence-electron chi connectivity index (χ0n) is 19.4. The number of hydrogen-bond donors (Lipinski definition) is 0. The Morgan fingerprint density at radius 3 is 1.39 bits per heavy atom. The molecule has 0 N–H and O–H groups in total. The normalized spacial score (nSPS) is 15.1. The van der Waals surface area contributed by atoms with Gasteiger partial charge in [0.15, 0.2) is 16.3 Å². The summed E-state index contributed by atoms with van der Waals surface area (Å²) in [5.41, 5.74) is 0. The summed E-state index contributed by atoms with van der Waals surface area (Å²) in [7, 11) is -7.42. The lowest BCUT2D eigenvalue weighted by Crippen LogP contribution is -2.66. The molecule has 14 heteroatoms. The highest BCUT2D eigenvalue weighted by Crippen LogP contribution is 2.55. The fraction of sp³-hybridized carbons (Fsp3) is 1.00. The maximum absolute atomic E-state index is 13.3. The van der Waals surface area contributed by atoms with Gasteiger partial charge in [0, 0.05) is 0 Å². The summed E-state index contributed by atoms with van der Waals surface area (Å²) in [5, 5.41) is -7.06. The molecule has 0 bridgehead atoms. The van der Waals surface area contributed by atoms with E-state index < -0.39 is 52.2 Å². The predicted octanol–water partition coefficient (Wildman–Crippen LogP) is 6.22. The van der Waals surface area contributed by atoms with Crippen molar-refractivity contribution in [1.82, 2.24) is 0 Å². The van der Waals surface area contributed by atoms with Gasteiger partial charge in [0.05, 0.1) is 26.2 Å². The molecule has 0 heterocycles. The van der Waals surface area contributed by atoms with Crippen molar-refractivity contribution >= 4 is 10.1 Å². The number of hydrogen-bond acceptors (Lipinski definition) is 3. The smallest absolute Gasteiger partial charge is 0.402 e. The topological polar surface area (TPSA) is 57.2 Å². The quantitative estimate of drug-likeness (QED) is 0.117. The van der Waals surface area contributed by atoms with Crippen LogP contribution in [0.15, 0.2) is 0 Å². The van der Waals surface area contributed by atoms with Gasteiger partial charge in [-0.15, -0.1) is 0 Å². The number of nitrogens with zero attached hydrogens (tertiary/aromatic N) is 1. The minimum absolute atomic E-state index is 0.0973. The van der Waals surface area contributed by atoms with E-state index in [-0.39, 0.29) is 6.42 Å². The van der Waals surface area contributed by atoms with E-state index in [1.54, 1.807) is 6.92 Å². The highest BCUT2D eigenvalue weighted by molar-refractivity contribution is 7.86. The SMILES string of the molecule is CCCCCCC(F)C(F)(F)C(F)(F)C(F)(F)C(F)(F)S(=O)(=O)[O-].CC[N+](CC)(CC)CC. The molecular weight excluding hydrogens is 493 g/mol. The number of alkyl halides is 9. The molecular formula is C19H34F9NO3S. The minimum Gasteiger partial charge on any atom is -0.743 e. The van der Waals surface area contributed by atoms with Crippen LogP contribution in [0, 0.1) is 0 Å². The Hall–Kier alpha value is -0.760. The zero-order valence-corrected chi connectivity index (χ0v) is 20.2. The van der Waals surface area contributed by atoms with Crippen LogP contribution in [0.3, 0.4) is 0 Å². The molecule has 0 saturated carbocycles. The Kier molecular flexibility index (Phi) is 13.3. The van der Waals surface area contributed by atoms with Gasteiger partial charge in [-0.3, -0.25) is 0 Å². The van der Waals surface area contributed by atoms with E-state index in [4.69, 9.17) is 0 Å². The van der Waals surface area contributed by atoms with Gasteiger partial charge in [0.2, 0.25) is 0 Å². The summed E-state index contributed by atoms with van der Waals surface area (Å²) in [6.07, 6.45) is -4.65. The van der Waals surface area contributed by atoms with Gasteiger partial charge >= 0.3 is 23.0 Å². The molecule has 0 aromatic heterocycles. The van der Waals surface area contributed by atoms with Crippen molar-refractivity contribution in [3.8, 4) is 0 Å². The molecule has 0 rings (SSSR count). The molecule has 0 fully saturated rings. The van der Waals surface area contributed by atoms with Crippen LogP contribution in [0.1, 0.15) is 66.7 Å². The van der Waals surface area contributed by atoms with Gasteiger partial charge in [-0.25, -0.2) is 12.8 Å².